The summed E-state index contributed by atoms with van der Waals surface area (Å²) in [5.41, 5.74) is 3.16. The van der Waals surface area contributed by atoms with Crippen LogP contribution < -0.4 is 10.1 Å². The summed E-state index contributed by atoms with van der Waals surface area (Å²) in [5.74, 6) is 0.348. The van der Waals surface area contributed by atoms with Crippen LogP contribution in [0.15, 0.2) is 60.8 Å². The number of nitrogens with zero attached hydrogens (tertiary/aromatic N) is 1. The van der Waals surface area contributed by atoms with Crippen LogP contribution in [0.3, 0.4) is 0 Å². The van der Waals surface area contributed by atoms with E-state index >= 15 is 0 Å². The highest BCUT2D eigenvalue weighted by atomic mass is 16.5. The number of ether oxygens (including phenoxy) is 1. The molecule has 5 heteroatoms. The lowest BCUT2D eigenvalue weighted by Gasteiger charge is -2.09. The van der Waals surface area contributed by atoms with Gasteiger partial charge in [-0.1, -0.05) is 24.3 Å². The molecule has 1 aromatic heterocycles. The van der Waals surface area contributed by atoms with Gasteiger partial charge in [0.1, 0.15) is 5.75 Å². The Hall–Kier alpha value is -3.08. The van der Waals surface area contributed by atoms with Gasteiger partial charge in [0.05, 0.1) is 18.4 Å². The molecule has 2 N–H and O–H groups in total. The molecule has 110 valence electrons. The Labute approximate surface area is 127 Å². The van der Waals surface area contributed by atoms with E-state index in [-0.39, 0.29) is 5.91 Å². The molecule has 3 aromatic rings. The number of carbonyl (C=O) groups is 1. The number of nitrogens with one attached hydrogen (secondary N) is 2. The molecule has 0 spiro atoms. The number of amides is 1. The number of para-hydroxylation sites is 1. The van der Waals surface area contributed by atoms with Crippen molar-refractivity contribution in [3.8, 4) is 17.0 Å². The lowest BCUT2D eigenvalue weighted by Crippen LogP contribution is -2.12. The lowest BCUT2D eigenvalue weighted by molar-refractivity contribution is 0.102. The fraction of sp³-hybridized carbons (Fsp3) is 0.0588. The molecule has 0 atom stereocenters. The average molecular weight is 293 g/mol. The summed E-state index contributed by atoms with van der Waals surface area (Å²) < 4.78 is 5.20. The van der Waals surface area contributed by atoms with Crippen LogP contribution in [-0.2, 0) is 0 Å². The number of aromatic nitrogens is 2. The van der Waals surface area contributed by atoms with Gasteiger partial charge in [-0.05, 0) is 35.9 Å². The third kappa shape index (κ3) is 2.83. The molecule has 0 bridgehead atoms. The standard InChI is InChI=1S/C17H15N3O2/c1-22-16-5-3-2-4-14(16)17(21)19-13-8-6-12(7-9-13)15-10-11-18-20-15/h2-11H,1H3,(H,18,20)(H,19,21). The van der Waals surface area contributed by atoms with E-state index in [2.05, 4.69) is 15.5 Å². The Bertz CT molecular complexity index is 765. The lowest BCUT2D eigenvalue weighted by atomic mass is 10.1. The van der Waals surface area contributed by atoms with Crippen molar-refractivity contribution in [1.29, 1.82) is 0 Å². The number of H-pyrrole nitrogens is 1. The van der Waals surface area contributed by atoms with Crippen molar-refractivity contribution in [2.75, 3.05) is 12.4 Å². The van der Waals surface area contributed by atoms with E-state index in [4.69, 9.17) is 4.74 Å². The average Bonchev–Trinajstić information content (AvgIpc) is 3.10. The van der Waals surface area contributed by atoms with Crippen LogP contribution in [-0.4, -0.2) is 23.2 Å². The summed E-state index contributed by atoms with van der Waals surface area (Å²) in [7, 11) is 1.55. The molecule has 0 radical (unpaired) electrons. The molecule has 22 heavy (non-hydrogen) atoms. The fourth-order valence-corrected chi connectivity index (χ4v) is 2.18. The topological polar surface area (TPSA) is 67.0 Å². The van der Waals surface area contributed by atoms with Gasteiger partial charge in [-0.25, -0.2) is 0 Å². The maximum atomic E-state index is 12.3. The van der Waals surface area contributed by atoms with Crippen molar-refractivity contribution in [2.24, 2.45) is 0 Å². The van der Waals surface area contributed by atoms with Gasteiger partial charge in [-0.15, -0.1) is 0 Å². The highest BCUT2D eigenvalue weighted by molar-refractivity contribution is 6.06. The Morgan fingerprint density at radius 2 is 1.86 bits per heavy atom. The largest absolute Gasteiger partial charge is 0.496 e. The minimum absolute atomic E-state index is 0.202. The Morgan fingerprint density at radius 1 is 1.09 bits per heavy atom. The summed E-state index contributed by atoms with van der Waals surface area (Å²) in [6.45, 7) is 0. The number of methoxy groups -OCH3 is 1. The second-order valence-electron chi connectivity index (χ2n) is 4.70. The molecule has 2 aromatic carbocycles. The van der Waals surface area contributed by atoms with E-state index in [0.29, 0.717) is 11.3 Å². The molecular formula is C17H15N3O2. The van der Waals surface area contributed by atoms with Crippen molar-refractivity contribution in [1.82, 2.24) is 10.2 Å². The second kappa shape index (κ2) is 6.13. The molecule has 0 aliphatic heterocycles. The van der Waals surface area contributed by atoms with Gasteiger partial charge in [-0.2, -0.15) is 5.10 Å². The Balaban J connectivity index is 1.77. The molecule has 1 amide bonds. The molecular weight excluding hydrogens is 278 g/mol. The number of hydrogen-bond acceptors (Lipinski definition) is 3. The van der Waals surface area contributed by atoms with Gasteiger partial charge in [0.25, 0.3) is 5.91 Å². The first-order valence-corrected chi connectivity index (χ1v) is 6.82. The first-order chi connectivity index (χ1) is 10.8. The Kier molecular flexibility index (Phi) is 3.87. The normalized spacial score (nSPS) is 10.2. The van der Waals surface area contributed by atoms with Crippen LogP contribution in [0, 0.1) is 0 Å². The molecule has 1 heterocycles. The van der Waals surface area contributed by atoms with Gasteiger partial charge < -0.3 is 10.1 Å². The molecule has 0 saturated heterocycles. The molecule has 0 aliphatic rings. The first kappa shape index (κ1) is 13.9. The van der Waals surface area contributed by atoms with Crippen LogP contribution >= 0.6 is 0 Å². The van der Waals surface area contributed by atoms with E-state index in [1.807, 2.05) is 36.4 Å². The summed E-state index contributed by atoms with van der Waals surface area (Å²) in [6, 6.07) is 16.6. The minimum atomic E-state index is -0.202. The van der Waals surface area contributed by atoms with E-state index < -0.39 is 0 Å². The van der Waals surface area contributed by atoms with Crippen molar-refractivity contribution < 1.29 is 9.53 Å². The SMILES string of the molecule is COc1ccccc1C(=O)Nc1ccc(-c2ccn[nH]2)cc1. The zero-order chi connectivity index (χ0) is 15.4. The van der Waals surface area contributed by atoms with Crippen LogP contribution in [0.25, 0.3) is 11.3 Å². The number of rotatable bonds is 4. The number of anilines is 1. The molecule has 0 fully saturated rings. The quantitative estimate of drug-likeness (QED) is 0.775. The summed E-state index contributed by atoms with van der Waals surface area (Å²) in [4.78, 5) is 12.3. The summed E-state index contributed by atoms with van der Waals surface area (Å²) in [5, 5.41) is 9.68. The molecule has 5 nitrogen and oxygen atoms in total. The maximum Gasteiger partial charge on any atom is 0.259 e. The van der Waals surface area contributed by atoms with Crippen molar-refractivity contribution in [2.45, 2.75) is 0 Å². The van der Waals surface area contributed by atoms with E-state index in [1.165, 1.54) is 0 Å². The van der Waals surface area contributed by atoms with Gasteiger partial charge in [0.2, 0.25) is 0 Å². The second-order valence-corrected chi connectivity index (χ2v) is 4.70. The zero-order valence-corrected chi connectivity index (χ0v) is 12.0. The number of benzene rings is 2. The van der Waals surface area contributed by atoms with E-state index in [0.717, 1.165) is 16.9 Å². The number of hydrogen-bond donors (Lipinski definition) is 2. The fourth-order valence-electron chi connectivity index (χ4n) is 2.18. The smallest absolute Gasteiger partial charge is 0.259 e. The van der Waals surface area contributed by atoms with Crippen LogP contribution in [0.5, 0.6) is 5.75 Å². The predicted molar refractivity (Wildman–Crippen MR) is 85.0 cm³/mol. The van der Waals surface area contributed by atoms with Crippen molar-refractivity contribution in [3.05, 3.63) is 66.4 Å². The van der Waals surface area contributed by atoms with Crippen LogP contribution in [0.1, 0.15) is 10.4 Å². The molecule has 0 unspecified atom stereocenters. The van der Waals surface area contributed by atoms with Gasteiger partial charge in [-0.3, -0.25) is 9.89 Å². The highest BCUT2D eigenvalue weighted by Crippen LogP contribution is 2.21. The molecule has 0 aliphatic carbocycles. The Morgan fingerprint density at radius 3 is 2.55 bits per heavy atom. The predicted octanol–water partition coefficient (Wildman–Crippen LogP) is 3.34. The third-order valence-corrected chi connectivity index (χ3v) is 3.31. The minimum Gasteiger partial charge on any atom is -0.496 e. The van der Waals surface area contributed by atoms with E-state index in [9.17, 15) is 4.79 Å². The summed E-state index contributed by atoms with van der Waals surface area (Å²) in [6.07, 6.45) is 1.70. The van der Waals surface area contributed by atoms with Crippen LogP contribution in [0.2, 0.25) is 0 Å². The first-order valence-electron chi connectivity index (χ1n) is 6.82. The van der Waals surface area contributed by atoms with Gasteiger partial charge >= 0.3 is 0 Å². The highest BCUT2D eigenvalue weighted by Gasteiger charge is 2.11. The van der Waals surface area contributed by atoms with E-state index in [1.54, 1.807) is 31.5 Å². The van der Waals surface area contributed by atoms with Crippen molar-refractivity contribution in [3.63, 3.8) is 0 Å². The number of aromatic amines is 1. The molecule has 0 saturated carbocycles. The van der Waals surface area contributed by atoms with Crippen LogP contribution in [0.4, 0.5) is 5.69 Å². The monoisotopic (exact) mass is 293 g/mol. The van der Waals surface area contributed by atoms with Gasteiger partial charge in [0.15, 0.2) is 0 Å². The van der Waals surface area contributed by atoms with Gasteiger partial charge in [0, 0.05) is 11.9 Å². The molecule has 3 rings (SSSR count). The summed E-state index contributed by atoms with van der Waals surface area (Å²) >= 11 is 0. The zero-order valence-electron chi connectivity index (χ0n) is 12.0. The van der Waals surface area contributed by atoms with Crippen molar-refractivity contribution >= 4 is 11.6 Å². The maximum absolute atomic E-state index is 12.3. The third-order valence-electron chi connectivity index (χ3n) is 3.31. The number of carbonyl (C=O) groups excluding carboxylic acids is 1.